The van der Waals surface area contributed by atoms with E-state index in [1.165, 1.54) is 15.7 Å². The minimum atomic E-state index is -3.53. The summed E-state index contributed by atoms with van der Waals surface area (Å²) in [5.74, 6) is 0.570. The van der Waals surface area contributed by atoms with E-state index >= 15 is 0 Å². The normalized spacial score (nSPS) is 19.3. The molecule has 0 bridgehead atoms. The van der Waals surface area contributed by atoms with Gasteiger partial charge in [-0.3, -0.25) is 0 Å². The summed E-state index contributed by atoms with van der Waals surface area (Å²) in [4.78, 5) is 0. The molecule has 9 heteroatoms. The predicted molar refractivity (Wildman–Crippen MR) is 80.4 cm³/mol. The summed E-state index contributed by atoms with van der Waals surface area (Å²) in [5, 5.41) is 11.4. The first kappa shape index (κ1) is 18.1. The van der Waals surface area contributed by atoms with E-state index in [2.05, 4.69) is 12.1 Å². The molecule has 1 saturated heterocycles. The highest BCUT2D eigenvalue weighted by Gasteiger charge is 2.31. The van der Waals surface area contributed by atoms with Crippen molar-refractivity contribution >= 4 is 16.0 Å². The Bertz CT molecular complexity index is 433. The van der Waals surface area contributed by atoms with Crippen LogP contribution in [-0.2, 0) is 14.9 Å². The molecule has 1 fully saturated rings. The lowest BCUT2D eigenvalue weighted by Gasteiger charge is -2.34. The topological polar surface area (TPSA) is 108 Å². The first-order chi connectivity index (χ1) is 9.91. The standard InChI is InChI=1S/C12H26N4O4S/c1-11-3-6-15(7-4-11)21(18,19)16(9-10-20-2)8-5-12(13)14-17/h11,17H,3-10H2,1-2H3,(H2,13,14). The van der Waals surface area contributed by atoms with Crippen molar-refractivity contribution in [2.24, 2.45) is 16.8 Å². The van der Waals surface area contributed by atoms with Crippen LogP contribution in [-0.4, -0.2) is 68.0 Å². The molecule has 21 heavy (non-hydrogen) atoms. The van der Waals surface area contributed by atoms with Crippen molar-refractivity contribution < 1.29 is 18.4 Å². The summed E-state index contributed by atoms with van der Waals surface area (Å²) >= 11 is 0. The highest BCUT2D eigenvalue weighted by atomic mass is 32.2. The van der Waals surface area contributed by atoms with Crippen molar-refractivity contribution in [2.45, 2.75) is 26.2 Å². The van der Waals surface area contributed by atoms with Gasteiger partial charge in [0, 0.05) is 39.7 Å². The van der Waals surface area contributed by atoms with E-state index in [4.69, 9.17) is 15.7 Å². The van der Waals surface area contributed by atoms with Crippen LogP contribution in [0.25, 0.3) is 0 Å². The van der Waals surface area contributed by atoms with Gasteiger partial charge in [-0.1, -0.05) is 12.1 Å². The molecule has 0 radical (unpaired) electrons. The molecule has 3 N–H and O–H groups in total. The molecule has 0 unspecified atom stereocenters. The smallest absolute Gasteiger partial charge is 0.282 e. The molecular formula is C12H26N4O4S. The number of nitrogens with two attached hydrogens (primary N) is 1. The molecule has 0 atom stereocenters. The Morgan fingerprint density at radius 3 is 2.57 bits per heavy atom. The van der Waals surface area contributed by atoms with Crippen LogP contribution in [0.5, 0.6) is 0 Å². The fourth-order valence-corrected chi connectivity index (χ4v) is 3.83. The maximum Gasteiger partial charge on any atom is 0.282 e. The van der Waals surface area contributed by atoms with Gasteiger partial charge in [0.1, 0.15) is 5.84 Å². The summed E-state index contributed by atoms with van der Waals surface area (Å²) in [6, 6.07) is 0. The Morgan fingerprint density at radius 2 is 2.05 bits per heavy atom. The van der Waals surface area contributed by atoms with Crippen LogP contribution in [0.4, 0.5) is 0 Å². The lowest BCUT2D eigenvalue weighted by molar-refractivity contribution is 0.174. The number of rotatable bonds is 8. The number of hydrogen-bond acceptors (Lipinski definition) is 5. The predicted octanol–water partition coefficient (Wildman–Crippen LogP) is 0.0480. The summed E-state index contributed by atoms with van der Waals surface area (Å²) in [6.45, 7) is 3.94. The van der Waals surface area contributed by atoms with Crippen LogP contribution in [0.1, 0.15) is 26.2 Å². The van der Waals surface area contributed by atoms with Crippen LogP contribution in [0.2, 0.25) is 0 Å². The summed E-state index contributed by atoms with van der Waals surface area (Å²) in [5.41, 5.74) is 5.42. The first-order valence-electron chi connectivity index (χ1n) is 7.12. The molecule has 1 rings (SSSR count). The molecule has 1 aliphatic rings. The lowest BCUT2D eigenvalue weighted by Crippen LogP contribution is -2.48. The zero-order valence-electron chi connectivity index (χ0n) is 12.7. The van der Waals surface area contributed by atoms with E-state index in [-0.39, 0.29) is 25.3 Å². The number of piperidine rings is 1. The van der Waals surface area contributed by atoms with Crippen LogP contribution in [0.15, 0.2) is 5.16 Å². The van der Waals surface area contributed by atoms with Gasteiger partial charge < -0.3 is 15.7 Å². The monoisotopic (exact) mass is 322 g/mol. The Hall–Kier alpha value is -0.900. The minimum Gasteiger partial charge on any atom is -0.409 e. The van der Waals surface area contributed by atoms with Gasteiger partial charge in [0.15, 0.2) is 0 Å². The van der Waals surface area contributed by atoms with Crippen molar-refractivity contribution in [1.29, 1.82) is 0 Å². The van der Waals surface area contributed by atoms with Gasteiger partial charge in [-0.25, -0.2) is 0 Å². The molecule has 0 aromatic rings. The van der Waals surface area contributed by atoms with Crippen LogP contribution < -0.4 is 5.73 Å². The largest absolute Gasteiger partial charge is 0.409 e. The number of nitrogens with zero attached hydrogens (tertiary/aromatic N) is 3. The zero-order valence-corrected chi connectivity index (χ0v) is 13.5. The van der Waals surface area contributed by atoms with Gasteiger partial charge in [0.2, 0.25) is 0 Å². The Kier molecular flexibility index (Phi) is 7.36. The fourth-order valence-electron chi connectivity index (χ4n) is 2.20. The number of amidine groups is 1. The quantitative estimate of drug-likeness (QED) is 0.284. The summed E-state index contributed by atoms with van der Waals surface area (Å²) < 4.78 is 33.1. The number of methoxy groups -OCH3 is 1. The SMILES string of the molecule is COCCN(CCC(N)=NO)S(=O)(=O)N1CCC(C)CC1. The van der Waals surface area contributed by atoms with Crippen molar-refractivity contribution in [3.63, 3.8) is 0 Å². The van der Waals surface area contributed by atoms with Crippen molar-refractivity contribution in [1.82, 2.24) is 8.61 Å². The van der Waals surface area contributed by atoms with Gasteiger partial charge in [0.05, 0.1) is 6.61 Å². The van der Waals surface area contributed by atoms with E-state index in [0.717, 1.165) is 12.8 Å². The van der Waals surface area contributed by atoms with E-state index in [0.29, 0.717) is 25.6 Å². The molecule has 124 valence electrons. The second-order valence-corrected chi connectivity index (χ2v) is 7.25. The molecule has 0 aromatic carbocycles. The van der Waals surface area contributed by atoms with Crippen LogP contribution in [0, 0.1) is 5.92 Å². The second-order valence-electron chi connectivity index (χ2n) is 5.32. The van der Waals surface area contributed by atoms with E-state index in [9.17, 15) is 8.42 Å². The average Bonchev–Trinajstić information content (AvgIpc) is 2.47. The molecule has 0 saturated carbocycles. The summed E-state index contributed by atoms with van der Waals surface area (Å²) in [6.07, 6.45) is 1.93. The van der Waals surface area contributed by atoms with E-state index in [1.54, 1.807) is 0 Å². The van der Waals surface area contributed by atoms with Crippen molar-refractivity contribution in [3.05, 3.63) is 0 Å². The molecule has 1 heterocycles. The third-order valence-corrected chi connectivity index (χ3v) is 5.72. The minimum absolute atomic E-state index is 0.0138. The second kappa shape index (κ2) is 8.52. The van der Waals surface area contributed by atoms with Gasteiger partial charge in [0.25, 0.3) is 10.2 Å². The van der Waals surface area contributed by atoms with E-state index < -0.39 is 10.2 Å². The number of oxime groups is 1. The maximum atomic E-state index is 12.7. The van der Waals surface area contributed by atoms with Crippen molar-refractivity contribution in [3.8, 4) is 0 Å². The summed E-state index contributed by atoms with van der Waals surface area (Å²) in [7, 11) is -2.00. The molecule has 1 aliphatic heterocycles. The molecule has 0 aliphatic carbocycles. The van der Waals surface area contributed by atoms with Gasteiger partial charge >= 0.3 is 0 Å². The maximum absolute atomic E-state index is 12.7. The lowest BCUT2D eigenvalue weighted by atomic mass is 10.0. The molecule has 0 aromatic heterocycles. The highest BCUT2D eigenvalue weighted by Crippen LogP contribution is 2.20. The molecular weight excluding hydrogens is 296 g/mol. The molecule has 0 spiro atoms. The van der Waals surface area contributed by atoms with Crippen LogP contribution >= 0.6 is 0 Å². The first-order valence-corrected chi connectivity index (χ1v) is 8.52. The van der Waals surface area contributed by atoms with Gasteiger partial charge in [-0.05, 0) is 18.8 Å². The van der Waals surface area contributed by atoms with Crippen LogP contribution in [0.3, 0.4) is 0 Å². The molecule has 0 amide bonds. The molecule has 8 nitrogen and oxygen atoms in total. The number of hydrogen-bond donors (Lipinski definition) is 2. The Balaban J connectivity index is 2.74. The Labute approximate surface area is 126 Å². The van der Waals surface area contributed by atoms with Crippen molar-refractivity contribution in [2.75, 3.05) is 39.9 Å². The third-order valence-electron chi connectivity index (χ3n) is 3.69. The fraction of sp³-hybridized carbons (Fsp3) is 0.917. The zero-order chi connectivity index (χ0) is 15.9. The average molecular weight is 322 g/mol. The highest BCUT2D eigenvalue weighted by molar-refractivity contribution is 7.86. The third kappa shape index (κ3) is 5.42. The van der Waals surface area contributed by atoms with Gasteiger partial charge in [-0.2, -0.15) is 17.0 Å². The number of ether oxygens (including phenoxy) is 1. The Morgan fingerprint density at radius 1 is 1.43 bits per heavy atom. The van der Waals surface area contributed by atoms with Gasteiger partial charge in [-0.15, -0.1) is 0 Å². The van der Waals surface area contributed by atoms with E-state index in [1.807, 2.05) is 0 Å².